The number of methoxy groups -OCH3 is 1. The molecule has 167 valence electrons. The number of amides is 1. The molecular weight excluding hydrogens is 466 g/mol. The summed E-state index contributed by atoms with van der Waals surface area (Å²) < 4.78 is 5.40. The van der Waals surface area contributed by atoms with E-state index in [1.54, 1.807) is 7.11 Å². The van der Waals surface area contributed by atoms with Crippen LogP contribution >= 0.6 is 7.26 Å². The van der Waals surface area contributed by atoms with E-state index in [9.17, 15) is 4.79 Å². The van der Waals surface area contributed by atoms with Crippen molar-refractivity contribution in [3.63, 3.8) is 0 Å². The second kappa shape index (κ2) is 12.9. The largest absolute Gasteiger partial charge is 0.497 e. The monoisotopic (exact) mass is 509 g/mol. The summed E-state index contributed by atoms with van der Waals surface area (Å²) in [7, 11) is 0.381. The van der Waals surface area contributed by atoms with E-state index in [4.69, 9.17) is 4.74 Å². The van der Waals surface area contributed by atoms with Crippen molar-refractivity contribution in [3.05, 3.63) is 23.3 Å². The van der Waals surface area contributed by atoms with Crippen molar-refractivity contribution in [1.29, 1.82) is 0 Å². The maximum atomic E-state index is 13.8. The minimum atomic E-state index is -1.31. The van der Waals surface area contributed by atoms with E-state index < -0.39 is 7.26 Å². The van der Waals surface area contributed by atoms with Gasteiger partial charge < -0.3 is 10.1 Å². The van der Waals surface area contributed by atoms with Gasteiger partial charge in [-0.3, -0.25) is 4.79 Å². The summed E-state index contributed by atoms with van der Waals surface area (Å²) >= 11 is 0. The van der Waals surface area contributed by atoms with Crippen molar-refractivity contribution in [2.45, 2.75) is 91.1 Å². The Morgan fingerprint density at radius 1 is 0.967 bits per heavy atom. The first-order valence-electron chi connectivity index (χ1n) is 11.7. The first-order chi connectivity index (χ1) is 13.9. The molecular formula is C25H43NO2PY+. The number of hydrogen-bond donors (Lipinski definition) is 1. The molecule has 0 aromatic heterocycles. The standard InChI is InChI=1S/C25H42NO2P.Y/c1-7-10-15-29(16-11-8-2,17-12-9-3)25(13-14-25)24(27)26-23-20(4)18-22(28-6)19-21(23)5;/h18-19H,7-17H2,1-6H3;/p+1. The summed E-state index contributed by atoms with van der Waals surface area (Å²) in [5, 5.41) is 3.34. The van der Waals surface area contributed by atoms with Crippen molar-refractivity contribution in [3.8, 4) is 5.75 Å². The Morgan fingerprint density at radius 3 is 1.73 bits per heavy atom. The van der Waals surface area contributed by atoms with E-state index in [-0.39, 0.29) is 37.9 Å². The third kappa shape index (κ3) is 6.29. The zero-order valence-corrected chi connectivity index (χ0v) is 24.0. The van der Waals surface area contributed by atoms with Crippen LogP contribution in [0.4, 0.5) is 5.69 Å². The molecule has 0 aliphatic heterocycles. The Balaban J connectivity index is 0.00000450. The van der Waals surface area contributed by atoms with Crippen molar-refractivity contribution >= 4 is 18.9 Å². The summed E-state index contributed by atoms with van der Waals surface area (Å²) in [4.78, 5) is 13.8. The number of ether oxygens (including phenoxy) is 1. The zero-order valence-electron chi connectivity index (χ0n) is 20.3. The average Bonchev–Trinajstić information content (AvgIpc) is 3.52. The van der Waals surface area contributed by atoms with Crippen LogP contribution in [0.1, 0.15) is 83.3 Å². The molecule has 1 aliphatic rings. The van der Waals surface area contributed by atoms with Gasteiger partial charge in [-0.25, -0.2) is 0 Å². The predicted octanol–water partition coefficient (Wildman–Crippen LogP) is 7.20. The smallest absolute Gasteiger partial charge is 0.268 e. The number of benzene rings is 1. The Hall–Kier alpha value is 0.0239. The second-order valence-electron chi connectivity index (χ2n) is 9.00. The van der Waals surface area contributed by atoms with Gasteiger partial charge >= 0.3 is 0 Å². The van der Waals surface area contributed by atoms with Crippen molar-refractivity contribution in [2.75, 3.05) is 30.9 Å². The molecule has 0 bridgehead atoms. The Kier molecular flexibility index (Phi) is 12.1. The minimum Gasteiger partial charge on any atom is -0.497 e. The van der Waals surface area contributed by atoms with Gasteiger partial charge in [-0.2, -0.15) is 0 Å². The first-order valence-corrected chi connectivity index (χ1v) is 14.1. The third-order valence-electron chi connectivity index (χ3n) is 6.85. The van der Waals surface area contributed by atoms with Gasteiger partial charge in [0.1, 0.15) is 5.75 Å². The van der Waals surface area contributed by atoms with E-state index in [1.165, 1.54) is 57.0 Å². The number of unbranched alkanes of at least 4 members (excludes halogenated alkanes) is 3. The molecule has 30 heavy (non-hydrogen) atoms. The minimum absolute atomic E-state index is 0. The summed E-state index contributed by atoms with van der Waals surface area (Å²) in [6.07, 6.45) is 13.6. The van der Waals surface area contributed by atoms with Crippen LogP contribution in [0, 0.1) is 13.8 Å². The van der Waals surface area contributed by atoms with E-state index in [2.05, 4.69) is 39.9 Å². The maximum Gasteiger partial charge on any atom is 0.268 e. The van der Waals surface area contributed by atoms with Crippen LogP contribution in [0.15, 0.2) is 12.1 Å². The average molecular weight is 510 g/mol. The number of carbonyl (C=O) groups is 1. The van der Waals surface area contributed by atoms with Crippen LogP contribution in [-0.2, 0) is 37.5 Å². The van der Waals surface area contributed by atoms with Gasteiger partial charge in [-0.15, -0.1) is 0 Å². The molecule has 5 heteroatoms. The predicted molar refractivity (Wildman–Crippen MR) is 129 cm³/mol. The summed E-state index contributed by atoms with van der Waals surface area (Å²) in [6.45, 7) is 11.0. The molecule has 1 aromatic carbocycles. The molecule has 1 N–H and O–H groups in total. The van der Waals surface area contributed by atoms with Crippen LogP contribution in [0.2, 0.25) is 0 Å². The van der Waals surface area contributed by atoms with Crippen LogP contribution in [-0.4, -0.2) is 36.7 Å². The number of rotatable bonds is 13. The summed E-state index contributed by atoms with van der Waals surface area (Å²) in [6, 6.07) is 4.05. The van der Waals surface area contributed by atoms with Gasteiger partial charge in [0, 0.05) is 58.5 Å². The van der Waals surface area contributed by atoms with Crippen LogP contribution in [0.25, 0.3) is 0 Å². The van der Waals surface area contributed by atoms with Gasteiger partial charge in [0.2, 0.25) is 0 Å². The van der Waals surface area contributed by atoms with Crippen LogP contribution in [0.5, 0.6) is 5.75 Å². The molecule has 1 radical (unpaired) electrons. The Morgan fingerprint density at radius 2 is 1.40 bits per heavy atom. The number of hydrogen-bond acceptors (Lipinski definition) is 2. The zero-order chi connectivity index (χ0) is 21.5. The second-order valence-corrected chi connectivity index (χ2v) is 13.5. The Labute approximate surface area is 211 Å². The molecule has 0 unspecified atom stereocenters. The fraction of sp³-hybridized carbons (Fsp3) is 0.720. The summed E-state index contributed by atoms with van der Waals surface area (Å²) in [5.74, 6) is 1.17. The molecule has 2 rings (SSSR count). The number of carbonyl (C=O) groups excluding carboxylic acids is 1. The molecule has 0 spiro atoms. The molecule has 0 heterocycles. The van der Waals surface area contributed by atoms with Gasteiger partial charge in [0.15, 0.2) is 5.16 Å². The summed E-state index contributed by atoms with van der Waals surface area (Å²) in [5.41, 5.74) is 3.16. The topological polar surface area (TPSA) is 38.3 Å². The molecule has 0 atom stereocenters. The molecule has 3 nitrogen and oxygen atoms in total. The van der Waals surface area contributed by atoms with Gasteiger partial charge in [-0.1, -0.05) is 40.0 Å². The quantitative estimate of drug-likeness (QED) is 0.286. The molecule has 1 saturated carbocycles. The van der Waals surface area contributed by atoms with Gasteiger partial charge in [0.25, 0.3) is 5.91 Å². The van der Waals surface area contributed by atoms with Crippen LogP contribution < -0.4 is 10.1 Å². The third-order valence-corrected chi connectivity index (χ3v) is 12.8. The van der Waals surface area contributed by atoms with Crippen molar-refractivity contribution in [2.24, 2.45) is 0 Å². The van der Waals surface area contributed by atoms with Gasteiger partial charge in [-0.05, 0) is 56.4 Å². The molecule has 1 fully saturated rings. The number of anilines is 1. The fourth-order valence-electron chi connectivity index (χ4n) is 4.86. The molecule has 1 aromatic rings. The van der Waals surface area contributed by atoms with E-state index in [0.717, 1.165) is 35.4 Å². The van der Waals surface area contributed by atoms with Gasteiger partial charge in [0.05, 0.1) is 25.6 Å². The normalized spacial score (nSPS) is 14.7. The van der Waals surface area contributed by atoms with E-state index >= 15 is 0 Å². The Bertz CT molecular complexity index is 643. The maximum absolute atomic E-state index is 13.8. The van der Waals surface area contributed by atoms with Crippen molar-refractivity contribution < 1.29 is 42.2 Å². The van der Waals surface area contributed by atoms with E-state index in [1.807, 2.05) is 12.1 Å². The molecule has 1 amide bonds. The first kappa shape index (κ1) is 28.1. The van der Waals surface area contributed by atoms with Crippen molar-refractivity contribution in [1.82, 2.24) is 0 Å². The number of aryl methyl sites for hydroxylation is 2. The molecule has 0 saturated heterocycles. The van der Waals surface area contributed by atoms with E-state index in [0.29, 0.717) is 5.91 Å². The SMILES string of the molecule is CCCC[P+](CCCC)(CCCC)C1(C(=O)Nc2c(C)cc(OC)cc2C)CC1.[Y]. The van der Waals surface area contributed by atoms with Crippen LogP contribution in [0.3, 0.4) is 0 Å². The number of nitrogens with one attached hydrogen (secondary N) is 1. The fourth-order valence-corrected chi connectivity index (χ4v) is 11.1. The molecule has 1 aliphatic carbocycles.